The third kappa shape index (κ3) is 7.46. The maximum atomic E-state index is 15.0. The third-order valence-electron chi connectivity index (χ3n) is 5.80. The molecule has 1 unspecified atom stereocenters. The van der Waals surface area contributed by atoms with Crippen molar-refractivity contribution in [1.82, 2.24) is 14.6 Å². The number of alkyl halides is 1. The summed E-state index contributed by atoms with van der Waals surface area (Å²) < 4.78 is 59.2. The van der Waals surface area contributed by atoms with Gasteiger partial charge in [0.1, 0.15) is 41.5 Å². The zero-order valence-electron chi connectivity index (χ0n) is 21.1. The number of aliphatic hydroxyl groups excluding tert-OH is 1. The quantitative estimate of drug-likeness (QED) is 0.221. The molecule has 4 N–H and O–H groups in total. The average Bonchev–Trinajstić information content (AvgIpc) is 3.20. The molecule has 11 nitrogen and oxygen atoms in total. The van der Waals surface area contributed by atoms with E-state index in [0.717, 1.165) is 16.3 Å². The molecule has 0 radical (unpaired) electrons. The summed E-state index contributed by atoms with van der Waals surface area (Å²) >= 11 is 0.888. The van der Waals surface area contributed by atoms with E-state index < -0.39 is 60.8 Å². The first-order chi connectivity index (χ1) is 19.0. The van der Waals surface area contributed by atoms with Crippen molar-refractivity contribution in [2.45, 2.75) is 42.5 Å². The number of benzene rings is 2. The van der Waals surface area contributed by atoms with Gasteiger partial charge in [-0.3, -0.25) is 13.9 Å². The number of aliphatic hydroxyl groups is 1. The zero-order chi connectivity index (χ0) is 28.9. The SMILES string of the molecule is C[C@H](NP(=O)(OC[C@H]1S[C@@H](n2ccc(N)nc2=O)[C@@H](F)[C@@H]1O)Oc1ccccc1)C(=O)OCc1ccc(F)cc1. The number of nitrogens with two attached hydrogens (primary N) is 1. The van der Waals surface area contributed by atoms with Gasteiger partial charge in [-0.25, -0.2) is 18.1 Å². The number of thioether (sulfide) groups is 1. The highest BCUT2D eigenvalue weighted by Gasteiger charge is 2.46. The molecule has 6 atom stereocenters. The molecule has 1 fully saturated rings. The highest BCUT2D eigenvalue weighted by Crippen LogP contribution is 2.48. The number of nitrogens with one attached hydrogen (secondary N) is 1. The minimum atomic E-state index is -4.30. The third-order valence-corrected chi connectivity index (χ3v) is 8.97. The van der Waals surface area contributed by atoms with E-state index in [-0.39, 0.29) is 18.2 Å². The maximum Gasteiger partial charge on any atom is 0.459 e. The number of nitrogens with zero attached hydrogens (tertiary/aromatic N) is 2. The van der Waals surface area contributed by atoms with Crippen LogP contribution < -0.4 is 21.0 Å². The van der Waals surface area contributed by atoms with E-state index in [4.69, 9.17) is 19.5 Å². The molecule has 1 saturated heterocycles. The van der Waals surface area contributed by atoms with Gasteiger partial charge in [0, 0.05) is 6.20 Å². The molecule has 214 valence electrons. The van der Waals surface area contributed by atoms with Crippen LogP contribution in [0.25, 0.3) is 0 Å². The van der Waals surface area contributed by atoms with Crippen molar-refractivity contribution in [3.63, 3.8) is 0 Å². The van der Waals surface area contributed by atoms with Crippen LogP contribution in [0, 0.1) is 5.82 Å². The van der Waals surface area contributed by atoms with Gasteiger partial charge in [0.05, 0.1) is 11.9 Å². The number of halogens is 2. The molecule has 0 bridgehead atoms. The summed E-state index contributed by atoms with van der Waals surface area (Å²) in [6.07, 6.45) is -2.18. The molecular formula is C25H27F2N4O7PS. The zero-order valence-corrected chi connectivity index (χ0v) is 22.8. The number of para-hydroxylation sites is 1. The van der Waals surface area contributed by atoms with Gasteiger partial charge >= 0.3 is 19.4 Å². The first-order valence-electron chi connectivity index (χ1n) is 12.0. The molecule has 1 aliphatic rings. The summed E-state index contributed by atoms with van der Waals surface area (Å²) in [7, 11) is -4.30. The van der Waals surface area contributed by atoms with Gasteiger partial charge in [0.15, 0.2) is 6.17 Å². The molecule has 0 saturated carbocycles. The van der Waals surface area contributed by atoms with Crippen molar-refractivity contribution in [2.24, 2.45) is 0 Å². The number of carbonyl (C=O) groups excluding carboxylic acids is 1. The summed E-state index contributed by atoms with van der Waals surface area (Å²) in [6.45, 7) is 0.762. The van der Waals surface area contributed by atoms with Crippen molar-refractivity contribution in [3.05, 3.63) is 88.7 Å². The number of esters is 1. The summed E-state index contributed by atoms with van der Waals surface area (Å²) in [5.74, 6) is -1.10. The van der Waals surface area contributed by atoms with Gasteiger partial charge in [-0.1, -0.05) is 30.3 Å². The number of hydrogen-bond donors (Lipinski definition) is 3. The number of nitrogen functional groups attached to an aromatic ring is 1. The van der Waals surface area contributed by atoms with Crippen molar-refractivity contribution in [3.8, 4) is 5.75 Å². The predicted octanol–water partition coefficient (Wildman–Crippen LogP) is 3.20. The van der Waals surface area contributed by atoms with Crippen LogP contribution in [0.5, 0.6) is 5.75 Å². The molecule has 0 amide bonds. The van der Waals surface area contributed by atoms with Crippen LogP contribution in [0.4, 0.5) is 14.6 Å². The Morgan fingerprint density at radius 2 is 1.93 bits per heavy atom. The first-order valence-corrected chi connectivity index (χ1v) is 14.5. The van der Waals surface area contributed by atoms with E-state index in [2.05, 4.69) is 10.1 Å². The second-order valence-corrected chi connectivity index (χ2v) is 11.9. The van der Waals surface area contributed by atoms with Gasteiger partial charge in [0.2, 0.25) is 0 Å². The molecule has 1 aliphatic heterocycles. The molecule has 40 heavy (non-hydrogen) atoms. The number of carbonyl (C=O) groups is 1. The predicted molar refractivity (Wildman–Crippen MR) is 144 cm³/mol. The standard InChI is InChI=1S/C25H27F2N4O7PS/c1-15(24(33)36-13-16-7-9-17(26)10-8-16)30-39(35,38-18-5-3-2-4-6-18)37-14-19-22(32)21(27)23(40-19)31-12-11-20(28)29-25(31)34/h2-12,15,19,21-23,32H,13-14H2,1H3,(H,30,35)(H2,28,29,34)/t15-,19+,21-,22+,23+,39?/m0/s1. The Labute approximate surface area is 232 Å². The van der Waals surface area contributed by atoms with Crippen LogP contribution in [-0.4, -0.2) is 50.8 Å². The van der Waals surface area contributed by atoms with Gasteiger partial charge < -0.3 is 20.1 Å². The van der Waals surface area contributed by atoms with E-state index in [1.165, 1.54) is 55.6 Å². The van der Waals surface area contributed by atoms with E-state index in [1.54, 1.807) is 18.2 Å². The average molecular weight is 597 g/mol. The highest BCUT2D eigenvalue weighted by atomic mass is 32.2. The van der Waals surface area contributed by atoms with Crippen molar-refractivity contribution in [1.29, 1.82) is 0 Å². The molecule has 2 aromatic carbocycles. The lowest BCUT2D eigenvalue weighted by Crippen LogP contribution is -2.36. The van der Waals surface area contributed by atoms with E-state index >= 15 is 0 Å². The molecular weight excluding hydrogens is 569 g/mol. The van der Waals surface area contributed by atoms with E-state index in [0.29, 0.717) is 5.56 Å². The van der Waals surface area contributed by atoms with Crippen molar-refractivity contribution in [2.75, 3.05) is 12.3 Å². The summed E-state index contributed by atoms with van der Waals surface area (Å²) in [4.78, 5) is 28.4. The molecule has 3 aromatic rings. The first kappa shape index (κ1) is 29.7. The van der Waals surface area contributed by atoms with E-state index in [1.807, 2.05) is 0 Å². The number of anilines is 1. The molecule has 0 spiro atoms. The minimum absolute atomic E-state index is 0.0320. The molecule has 15 heteroatoms. The Kier molecular flexibility index (Phi) is 9.59. The van der Waals surface area contributed by atoms with Crippen LogP contribution >= 0.6 is 19.5 Å². The number of ether oxygens (including phenoxy) is 1. The van der Waals surface area contributed by atoms with Crippen molar-refractivity contribution >= 4 is 31.3 Å². The molecule has 4 rings (SSSR count). The largest absolute Gasteiger partial charge is 0.460 e. The summed E-state index contributed by atoms with van der Waals surface area (Å²) in [5, 5.41) is 10.9. The van der Waals surface area contributed by atoms with Crippen LogP contribution in [0.15, 0.2) is 71.7 Å². The molecule has 1 aromatic heterocycles. The highest BCUT2D eigenvalue weighted by molar-refractivity contribution is 8.00. The molecule has 0 aliphatic carbocycles. The van der Waals surface area contributed by atoms with E-state index in [9.17, 15) is 28.0 Å². The van der Waals surface area contributed by atoms with Crippen molar-refractivity contribution < 1.29 is 37.0 Å². The lowest BCUT2D eigenvalue weighted by molar-refractivity contribution is -0.146. The monoisotopic (exact) mass is 596 g/mol. The fraction of sp³-hybridized carbons (Fsp3) is 0.320. The van der Waals surface area contributed by atoms with Gasteiger partial charge in [-0.15, -0.1) is 11.8 Å². The molecule has 2 heterocycles. The summed E-state index contributed by atoms with van der Waals surface area (Å²) in [5.41, 5.74) is 5.25. The number of aromatic nitrogens is 2. The summed E-state index contributed by atoms with van der Waals surface area (Å²) in [6, 6.07) is 13.5. The minimum Gasteiger partial charge on any atom is -0.460 e. The fourth-order valence-corrected chi connectivity index (χ4v) is 6.75. The van der Waals surface area contributed by atoms with Crippen LogP contribution in [0.1, 0.15) is 17.9 Å². The Balaban J connectivity index is 1.44. The smallest absolute Gasteiger partial charge is 0.459 e. The fourth-order valence-electron chi connectivity index (χ4n) is 3.72. The van der Waals surface area contributed by atoms with Crippen LogP contribution in [0.3, 0.4) is 0 Å². The second kappa shape index (κ2) is 12.9. The lowest BCUT2D eigenvalue weighted by Gasteiger charge is -2.24. The lowest BCUT2D eigenvalue weighted by atomic mass is 10.1. The number of rotatable bonds is 11. The van der Waals surface area contributed by atoms with Gasteiger partial charge in [0.25, 0.3) is 0 Å². The topological polar surface area (TPSA) is 155 Å². The normalized spacial score (nSPS) is 22.8. The van der Waals surface area contributed by atoms with Gasteiger partial charge in [-0.05, 0) is 42.8 Å². The Morgan fingerprint density at radius 3 is 2.60 bits per heavy atom. The Morgan fingerprint density at radius 1 is 1.23 bits per heavy atom. The van der Waals surface area contributed by atoms with Crippen LogP contribution in [-0.2, 0) is 25.2 Å². The Bertz CT molecular complexity index is 1420. The number of hydrogen-bond acceptors (Lipinski definition) is 10. The van der Waals surface area contributed by atoms with Crippen LogP contribution in [0.2, 0.25) is 0 Å². The Hall–Kier alpha value is -3.29. The van der Waals surface area contributed by atoms with Gasteiger partial charge in [-0.2, -0.15) is 10.1 Å². The second-order valence-electron chi connectivity index (χ2n) is 8.82. The maximum absolute atomic E-state index is 15.0.